The lowest BCUT2D eigenvalue weighted by molar-refractivity contribution is 0.643. The van der Waals surface area contributed by atoms with E-state index >= 15 is 0 Å². The van der Waals surface area contributed by atoms with E-state index in [1.807, 2.05) is 0 Å². The Kier molecular flexibility index (Phi) is 17.6. The van der Waals surface area contributed by atoms with E-state index in [0.29, 0.717) is 0 Å². The highest BCUT2D eigenvalue weighted by Crippen LogP contribution is 2.63. The lowest BCUT2D eigenvalue weighted by Gasteiger charge is -2.46. The van der Waals surface area contributed by atoms with Crippen molar-refractivity contribution < 1.29 is 8.83 Å². The lowest BCUT2D eigenvalue weighted by atomic mass is 9.62. The summed E-state index contributed by atoms with van der Waals surface area (Å²) in [6.45, 7) is 4.70. The Bertz CT molecular complexity index is 7850. The second-order valence-corrected chi connectivity index (χ2v) is 34.1. The number of hydrogen-bond acceptors (Lipinski definition) is 6. The summed E-state index contributed by atoms with van der Waals surface area (Å²) >= 11 is 0. The van der Waals surface area contributed by atoms with E-state index in [2.05, 4.69) is 507 Å². The number of nitrogens with zero attached hydrogens (tertiary/aromatic N) is 4. The molecule has 22 aromatic rings. The van der Waals surface area contributed by atoms with Gasteiger partial charge >= 0.3 is 0 Å². The summed E-state index contributed by atoms with van der Waals surface area (Å²) in [4.78, 5) is 9.58. The van der Waals surface area contributed by atoms with Gasteiger partial charge in [-0.1, -0.05) is 341 Å². The van der Waals surface area contributed by atoms with E-state index in [1.165, 1.54) is 77.2 Å². The standard InChI is InChI=1S/C62H44N2O.C59H40N2O/c1-61(2)51-27-13-11-25-48(51)49-38-37-46(40-54(49)61)63(43-22-7-4-8-23-43)44-33-35-45(36-34-44)64-56-30-16-14-28-52(56)62(42-20-5-3-6-21-42,53-29-15-17-31-57(53)64)55-39-41-19-9-10-24-47(41)59-50-26-12-18-32-58(50)65-60(55)59;1-4-19-44(20-5-1)59(53-40-43-18-10-11-25-49(43)57-50-26-12-17-31-56(50)62-58(53)57)51-27-13-15-29-54(51)61(55-30-16-14-28-52(55)59)48-38-34-42(35-39-48)41-32-36-47(37-33-41)60(45-21-6-2-7-22-45)46-23-8-3-9-24-46/h3-40H,1-2H3;1-40H. The Balaban J connectivity index is 0.000000142. The van der Waals surface area contributed by atoms with Crippen molar-refractivity contribution in [3.63, 3.8) is 0 Å². The zero-order chi connectivity index (χ0) is 84.3. The minimum Gasteiger partial charge on any atom is -0.456 e. The number of benzene rings is 20. The molecule has 0 fully saturated rings. The average molecular weight is 1630 g/mol. The predicted octanol–water partition coefficient (Wildman–Crippen LogP) is 32.7. The van der Waals surface area contributed by atoms with Gasteiger partial charge in [-0.2, -0.15) is 0 Å². The Labute approximate surface area is 738 Å². The van der Waals surface area contributed by atoms with Gasteiger partial charge in [-0.05, 0) is 234 Å². The molecule has 6 nitrogen and oxygen atoms in total. The van der Waals surface area contributed by atoms with Crippen LogP contribution in [-0.4, -0.2) is 0 Å². The summed E-state index contributed by atoms with van der Waals surface area (Å²) in [5.74, 6) is 0. The zero-order valence-corrected chi connectivity index (χ0v) is 70.1. The van der Waals surface area contributed by atoms with E-state index in [-0.39, 0.29) is 5.41 Å². The molecule has 3 aliphatic rings. The topological polar surface area (TPSA) is 39.2 Å². The highest BCUT2D eigenvalue weighted by atomic mass is 16.3. The van der Waals surface area contributed by atoms with Crippen molar-refractivity contribution in [1.29, 1.82) is 0 Å². The maximum Gasteiger partial charge on any atom is 0.140 e. The molecule has 0 bridgehead atoms. The number of rotatable bonds is 13. The highest BCUT2D eigenvalue weighted by molar-refractivity contribution is 6.22. The van der Waals surface area contributed by atoms with Crippen LogP contribution in [0.3, 0.4) is 0 Å². The molecule has 1 aliphatic carbocycles. The summed E-state index contributed by atoms with van der Waals surface area (Å²) in [5.41, 5.74) is 32.6. The summed E-state index contributed by atoms with van der Waals surface area (Å²) < 4.78 is 14.1. The van der Waals surface area contributed by atoms with Gasteiger partial charge in [-0.15, -0.1) is 0 Å². The molecule has 0 saturated heterocycles. The second kappa shape index (κ2) is 30.1. The summed E-state index contributed by atoms with van der Waals surface area (Å²) in [6, 6.07) is 172. The molecule has 0 N–H and O–H groups in total. The fraction of sp³-hybridized carbons (Fsp3) is 0.0413. The summed E-state index contributed by atoms with van der Waals surface area (Å²) in [6.07, 6.45) is 0. The maximum absolute atomic E-state index is 7.08. The van der Waals surface area contributed by atoms with Gasteiger partial charge in [0.2, 0.25) is 0 Å². The Morgan fingerprint density at radius 3 is 0.945 bits per heavy atom. The molecular formula is C121H84N4O2. The Hall–Kier alpha value is -16.3. The number of hydrogen-bond donors (Lipinski definition) is 0. The average Bonchev–Trinajstić information content (AvgIpc) is 1.61. The molecular weight excluding hydrogens is 1540 g/mol. The van der Waals surface area contributed by atoms with Crippen molar-refractivity contribution in [3.8, 4) is 22.3 Å². The van der Waals surface area contributed by atoms with E-state index in [9.17, 15) is 0 Å². The van der Waals surface area contributed by atoms with Gasteiger partial charge in [-0.3, -0.25) is 0 Å². The van der Waals surface area contributed by atoms with E-state index in [4.69, 9.17) is 8.83 Å². The predicted molar refractivity (Wildman–Crippen MR) is 528 cm³/mol. The minimum absolute atomic E-state index is 0.110. The largest absolute Gasteiger partial charge is 0.456 e. The van der Waals surface area contributed by atoms with Crippen molar-refractivity contribution >= 4 is 134 Å². The summed E-state index contributed by atoms with van der Waals surface area (Å²) in [5, 5.41) is 9.31. The molecule has 600 valence electrons. The van der Waals surface area contributed by atoms with Crippen LogP contribution in [0.25, 0.3) is 87.7 Å². The summed E-state index contributed by atoms with van der Waals surface area (Å²) in [7, 11) is 0. The van der Waals surface area contributed by atoms with Crippen molar-refractivity contribution in [1.82, 2.24) is 0 Å². The van der Waals surface area contributed by atoms with Crippen molar-refractivity contribution in [3.05, 3.63) is 529 Å². The monoisotopic (exact) mass is 1620 g/mol. The molecule has 2 aromatic heterocycles. The molecule has 0 radical (unpaired) electrons. The molecule has 0 amide bonds. The second-order valence-electron chi connectivity index (χ2n) is 34.1. The number of anilines is 12. The van der Waals surface area contributed by atoms with Crippen LogP contribution in [0.5, 0.6) is 0 Å². The van der Waals surface area contributed by atoms with Crippen LogP contribution >= 0.6 is 0 Å². The first-order valence-corrected chi connectivity index (χ1v) is 43.9. The van der Waals surface area contributed by atoms with Gasteiger partial charge in [0, 0.05) is 83.6 Å². The molecule has 6 heteroatoms. The van der Waals surface area contributed by atoms with Gasteiger partial charge < -0.3 is 28.4 Å². The van der Waals surface area contributed by atoms with Gasteiger partial charge in [-0.25, -0.2) is 0 Å². The first-order chi connectivity index (χ1) is 62.8. The molecule has 4 heterocycles. The number of furan rings is 2. The normalized spacial score (nSPS) is 13.6. The van der Waals surface area contributed by atoms with Crippen LogP contribution < -0.4 is 19.6 Å². The number of para-hydroxylation sites is 9. The molecule has 0 atom stereocenters. The van der Waals surface area contributed by atoms with Crippen LogP contribution in [0.15, 0.2) is 482 Å². The first-order valence-electron chi connectivity index (χ1n) is 43.9. The van der Waals surface area contributed by atoms with E-state index < -0.39 is 10.8 Å². The van der Waals surface area contributed by atoms with E-state index in [0.717, 1.165) is 134 Å². The molecule has 20 aromatic carbocycles. The van der Waals surface area contributed by atoms with Gasteiger partial charge in [0.15, 0.2) is 0 Å². The van der Waals surface area contributed by atoms with Crippen LogP contribution in [-0.2, 0) is 16.2 Å². The van der Waals surface area contributed by atoms with Gasteiger partial charge in [0.25, 0.3) is 0 Å². The lowest BCUT2D eigenvalue weighted by Crippen LogP contribution is -2.37. The van der Waals surface area contributed by atoms with Crippen molar-refractivity contribution in [2.24, 2.45) is 0 Å². The van der Waals surface area contributed by atoms with E-state index in [1.54, 1.807) is 0 Å². The smallest absolute Gasteiger partial charge is 0.140 e. The van der Waals surface area contributed by atoms with Crippen LogP contribution in [0.2, 0.25) is 0 Å². The zero-order valence-electron chi connectivity index (χ0n) is 70.1. The third kappa shape index (κ3) is 11.7. The third-order valence-electron chi connectivity index (χ3n) is 27.0. The SMILES string of the molecule is CC1(C)c2ccccc2-c2ccc(N(c3ccccc3)c3ccc(N4c5ccccc5C(c5ccccc5)(c5cc6ccccc6c6c5oc5ccccc56)c5ccccc54)cc3)cc21.c1ccc(N(c2ccccc2)c2ccc(-c3ccc(N4c5ccccc5C(c5ccccc5)(c5cc6ccccc6c6c5oc5ccccc56)c5ccccc54)cc3)cc2)cc1. The molecule has 0 unspecified atom stereocenters. The molecule has 0 spiro atoms. The quantitative estimate of drug-likeness (QED) is 0.115. The van der Waals surface area contributed by atoms with Crippen LogP contribution in [0.1, 0.15) is 69.5 Å². The fourth-order valence-corrected chi connectivity index (χ4v) is 21.5. The Morgan fingerprint density at radius 1 is 0.220 bits per heavy atom. The minimum atomic E-state index is -0.730. The van der Waals surface area contributed by atoms with Crippen molar-refractivity contribution in [2.45, 2.75) is 30.1 Å². The Morgan fingerprint density at radius 2 is 0.520 bits per heavy atom. The third-order valence-corrected chi connectivity index (χ3v) is 27.0. The molecule has 0 saturated carbocycles. The number of fused-ring (bicyclic) bond motifs is 17. The van der Waals surface area contributed by atoms with Gasteiger partial charge in [0.05, 0.1) is 33.6 Å². The van der Waals surface area contributed by atoms with Crippen LogP contribution in [0.4, 0.5) is 68.2 Å². The van der Waals surface area contributed by atoms with Crippen LogP contribution in [0, 0.1) is 0 Å². The first kappa shape index (κ1) is 74.5. The fourth-order valence-electron chi connectivity index (χ4n) is 21.5. The van der Waals surface area contributed by atoms with Crippen molar-refractivity contribution in [2.75, 3.05) is 19.6 Å². The highest BCUT2D eigenvalue weighted by Gasteiger charge is 2.51. The van der Waals surface area contributed by atoms with Gasteiger partial charge in [0.1, 0.15) is 22.3 Å². The molecule has 2 aliphatic heterocycles. The molecule has 127 heavy (non-hydrogen) atoms. The maximum atomic E-state index is 7.08. The molecule has 25 rings (SSSR count).